The van der Waals surface area contributed by atoms with Gasteiger partial charge in [0.05, 0.1) is 7.11 Å². The van der Waals surface area contributed by atoms with Crippen molar-refractivity contribution in [2.45, 2.75) is 84.0 Å². The molecule has 0 saturated heterocycles. The lowest BCUT2D eigenvalue weighted by Gasteiger charge is -2.27. The van der Waals surface area contributed by atoms with Crippen LogP contribution in [0.2, 0.25) is 0 Å². The van der Waals surface area contributed by atoms with E-state index in [4.69, 9.17) is 14.2 Å². The SMILES string of the molecule is COc1ccc(C2CC2)c(CC(NC(=O)OC(C)(C)C)C(=O)OC(C)(C)C)c1. The summed E-state index contributed by atoms with van der Waals surface area (Å²) in [5.41, 5.74) is 0.866. The molecule has 1 atom stereocenters. The van der Waals surface area contributed by atoms with Crippen molar-refractivity contribution in [3.05, 3.63) is 29.3 Å². The Bertz CT molecular complexity index is 711. The quantitative estimate of drug-likeness (QED) is 0.730. The number of alkyl carbamates (subject to hydrolysis) is 1. The van der Waals surface area contributed by atoms with Crippen LogP contribution < -0.4 is 10.1 Å². The maximum atomic E-state index is 12.8. The number of carbonyl (C=O) groups excluding carboxylic acids is 2. The molecule has 0 spiro atoms. The van der Waals surface area contributed by atoms with Crippen LogP contribution in [0.1, 0.15) is 71.4 Å². The molecule has 1 aliphatic carbocycles. The molecule has 0 heterocycles. The van der Waals surface area contributed by atoms with Crippen molar-refractivity contribution in [2.24, 2.45) is 0 Å². The summed E-state index contributed by atoms with van der Waals surface area (Å²) in [6, 6.07) is 5.06. The van der Waals surface area contributed by atoms with Gasteiger partial charge in [-0.15, -0.1) is 0 Å². The molecule has 2 rings (SSSR count). The van der Waals surface area contributed by atoms with Gasteiger partial charge >= 0.3 is 12.1 Å². The lowest BCUT2D eigenvalue weighted by molar-refractivity contribution is -0.157. The molecule has 1 amide bonds. The summed E-state index contributed by atoms with van der Waals surface area (Å²) in [6.07, 6.45) is 1.95. The predicted molar refractivity (Wildman–Crippen MR) is 108 cm³/mol. The van der Waals surface area contributed by atoms with E-state index < -0.39 is 29.3 Å². The average molecular weight is 392 g/mol. The Morgan fingerprint density at radius 1 is 1.07 bits per heavy atom. The van der Waals surface area contributed by atoms with Crippen molar-refractivity contribution in [2.75, 3.05) is 7.11 Å². The number of rotatable bonds is 6. The molecule has 0 radical (unpaired) electrons. The van der Waals surface area contributed by atoms with E-state index in [0.717, 1.165) is 24.2 Å². The minimum absolute atomic E-state index is 0.317. The van der Waals surface area contributed by atoms with Crippen LogP contribution in [0.15, 0.2) is 18.2 Å². The number of hydrogen-bond donors (Lipinski definition) is 1. The van der Waals surface area contributed by atoms with Gasteiger partial charge in [-0.25, -0.2) is 9.59 Å². The Balaban J connectivity index is 2.26. The van der Waals surface area contributed by atoms with Gasteiger partial charge in [0.25, 0.3) is 0 Å². The first-order valence-corrected chi connectivity index (χ1v) is 9.77. The fourth-order valence-corrected chi connectivity index (χ4v) is 2.91. The van der Waals surface area contributed by atoms with Crippen molar-refractivity contribution in [1.82, 2.24) is 5.32 Å². The van der Waals surface area contributed by atoms with Crippen molar-refractivity contribution < 1.29 is 23.8 Å². The number of amides is 1. The Labute approximate surface area is 167 Å². The topological polar surface area (TPSA) is 73.9 Å². The van der Waals surface area contributed by atoms with Gasteiger partial charge in [-0.3, -0.25) is 0 Å². The van der Waals surface area contributed by atoms with Gasteiger partial charge < -0.3 is 19.5 Å². The molecule has 28 heavy (non-hydrogen) atoms. The maximum Gasteiger partial charge on any atom is 0.408 e. The molecule has 0 aromatic heterocycles. The number of benzene rings is 1. The van der Waals surface area contributed by atoms with Crippen LogP contribution in [0.25, 0.3) is 0 Å². The summed E-state index contributed by atoms with van der Waals surface area (Å²) in [6.45, 7) is 10.7. The van der Waals surface area contributed by atoms with Crippen LogP contribution >= 0.6 is 0 Å². The van der Waals surface area contributed by atoms with E-state index in [-0.39, 0.29) is 0 Å². The standard InChI is InChI=1S/C22H33NO5/c1-21(2,3)27-19(24)18(23-20(25)28-22(4,5)6)13-15-12-16(26-7)10-11-17(15)14-8-9-14/h10-12,14,18H,8-9,13H2,1-7H3,(H,23,25). The maximum absolute atomic E-state index is 12.8. The normalized spacial score (nSPS) is 15.5. The third-order valence-electron chi connectivity index (χ3n) is 4.17. The fraction of sp³-hybridized carbons (Fsp3) is 0.636. The number of methoxy groups -OCH3 is 1. The Hall–Kier alpha value is -2.24. The second-order valence-electron chi connectivity index (χ2n) is 9.28. The van der Waals surface area contributed by atoms with E-state index >= 15 is 0 Å². The highest BCUT2D eigenvalue weighted by atomic mass is 16.6. The summed E-state index contributed by atoms with van der Waals surface area (Å²) in [5.74, 6) is 0.740. The zero-order chi connectivity index (χ0) is 21.1. The Morgan fingerprint density at radius 3 is 2.18 bits per heavy atom. The number of nitrogens with one attached hydrogen (secondary N) is 1. The Kier molecular flexibility index (Phi) is 6.63. The molecular weight excluding hydrogens is 358 g/mol. The minimum Gasteiger partial charge on any atom is -0.497 e. The summed E-state index contributed by atoms with van der Waals surface area (Å²) >= 11 is 0. The van der Waals surface area contributed by atoms with Crippen LogP contribution in [0.3, 0.4) is 0 Å². The average Bonchev–Trinajstić information content (AvgIpc) is 3.35. The molecule has 1 unspecified atom stereocenters. The molecular formula is C22H33NO5. The van der Waals surface area contributed by atoms with Crippen LogP contribution in [0.5, 0.6) is 5.75 Å². The van der Waals surface area contributed by atoms with Crippen molar-refractivity contribution in [3.8, 4) is 5.75 Å². The first kappa shape index (κ1) is 22.1. The van der Waals surface area contributed by atoms with Crippen LogP contribution in [-0.4, -0.2) is 36.4 Å². The number of ether oxygens (including phenoxy) is 3. The third kappa shape index (κ3) is 7.06. The molecule has 1 N–H and O–H groups in total. The molecule has 1 aliphatic rings. The first-order valence-electron chi connectivity index (χ1n) is 9.77. The molecule has 1 fully saturated rings. The third-order valence-corrected chi connectivity index (χ3v) is 4.17. The van der Waals surface area contributed by atoms with Crippen LogP contribution in [-0.2, 0) is 20.7 Å². The monoisotopic (exact) mass is 391 g/mol. The Morgan fingerprint density at radius 2 is 1.68 bits per heavy atom. The van der Waals surface area contributed by atoms with E-state index in [9.17, 15) is 9.59 Å². The predicted octanol–water partition coefficient (Wildman–Crippen LogP) is 4.35. The van der Waals surface area contributed by atoms with Crippen molar-refractivity contribution in [3.63, 3.8) is 0 Å². The molecule has 1 aromatic carbocycles. The molecule has 1 saturated carbocycles. The van der Waals surface area contributed by atoms with E-state index in [0.29, 0.717) is 12.3 Å². The summed E-state index contributed by atoms with van der Waals surface area (Å²) < 4.78 is 16.2. The summed E-state index contributed by atoms with van der Waals surface area (Å²) in [7, 11) is 1.61. The summed E-state index contributed by atoms with van der Waals surface area (Å²) in [5, 5.41) is 2.69. The molecule has 156 valence electrons. The van der Waals surface area contributed by atoms with E-state index in [1.807, 2.05) is 18.2 Å². The van der Waals surface area contributed by atoms with Gasteiger partial charge in [0.1, 0.15) is 23.0 Å². The van der Waals surface area contributed by atoms with Gasteiger partial charge in [0.2, 0.25) is 0 Å². The molecule has 6 nitrogen and oxygen atoms in total. The van der Waals surface area contributed by atoms with E-state index in [1.54, 1.807) is 48.7 Å². The lowest BCUT2D eigenvalue weighted by Crippen LogP contribution is -2.47. The van der Waals surface area contributed by atoms with Crippen molar-refractivity contribution >= 4 is 12.1 Å². The van der Waals surface area contributed by atoms with Crippen molar-refractivity contribution in [1.29, 1.82) is 0 Å². The highest BCUT2D eigenvalue weighted by Gasteiger charge is 2.32. The molecule has 0 aliphatic heterocycles. The van der Waals surface area contributed by atoms with E-state index in [1.165, 1.54) is 5.56 Å². The number of carbonyl (C=O) groups is 2. The smallest absolute Gasteiger partial charge is 0.408 e. The second-order valence-corrected chi connectivity index (χ2v) is 9.28. The van der Waals surface area contributed by atoms with Gasteiger partial charge in [0.15, 0.2) is 0 Å². The molecule has 6 heteroatoms. The van der Waals surface area contributed by atoms with Gasteiger partial charge in [-0.05, 0) is 83.6 Å². The molecule has 1 aromatic rings. The number of esters is 1. The zero-order valence-corrected chi connectivity index (χ0v) is 18.0. The summed E-state index contributed by atoms with van der Waals surface area (Å²) in [4.78, 5) is 25.1. The molecule has 0 bridgehead atoms. The lowest BCUT2D eigenvalue weighted by atomic mass is 9.96. The highest BCUT2D eigenvalue weighted by molar-refractivity contribution is 5.82. The van der Waals surface area contributed by atoms with Gasteiger partial charge in [0, 0.05) is 6.42 Å². The second kappa shape index (κ2) is 8.41. The highest BCUT2D eigenvalue weighted by Crippen LogP contribution is 2.42. The van der Waals surface area contributed by atoms with Gasteiger partial charge in [-0.2, -0.15) is 0 Å². The first-order chi connectivity index (χ1) is 12.9. The minimum atomic E-state index is -0.848. The van der Waals surface area contributed by atoms with E-state index in [2.05, 4.69) is 5.32 Å². The van der Waals surface area contributed by atoms with Crippen LogP contribution in [0.4, 0.5) is 4.79 Å². The largest absolute Gasteiger partial charge is 0.497 e. The fourth-order valence-electron chi connectivity index (χ4n) is 2.91. The zero-order valence-electron chi connectivity index (χ0n) is 18.0. The van der Waals surface area contributed by atoms with Crippen LogP contribution in [0, 0.1) is 0 Å². The number of hydrogen-bond acceptors (Lipinski definition) is 5. The van der Waals surface area contributed by atoms with Gasteiger partial charge in [-0.1, -0.05) is 6.07 Å².